The third-order valence-corrected chi connectivity index (χ3v) is 3.77. The van der Waals surface area contributed by atoms with Crippen LogP contribution >= 0.6 is 11.6 Å². The molecule has 0 N–H and O–H groups in total. The molecule has 0 aliphatic carbocycles. The maximum atomic E-state index is 5.67. The highest BCUT2D eigenvalue weighted by atomic mass is 35.5. The van der Waals surface area contributed by atoms with Gasteiger partial charge in [0.25, 0.3) is 0 Å². The summed E-state index contributed by atoms with van der Waals surface area (Å²) in [6.45, 7) is 9.53. The topological polar surface area (TPSA) is 6.48 Å². The minimum Gasteiger partial charge on any atom is -0.300 e. The van der Waals surface area contributed by atoms with Gasteiger partial charge in [0.05, 0.1) is 0 Å². The van der Waals surface area contributed by atoms with Crippen molar-refractivity contribution < 1.29 is 0 Å². The molecule has 1 heterocycles. The van der Waals surface area contributed by atoms with Crippen LogP contribution in [-0.2, 0) is 0 Å². The monoisotopic (exact) mass is 232 g/mol. The standard InChI is InChI=1S/C12H25ClN2/c1-12(2)11-15(10-9-14(12)3)8-6-4-5-7-13/h4-11H2,1-3H3. The lowest BCUT2D eigenvalue weighted by Crippen LogP contribution is -2.57. The summed E-state index contributed by atoms with van der Waals surface area (Å²) in [7, 11) is 2.23. The Labute approximate surface area is 99.6 Å². The van der Waals surface area contributed by atoms with Crippen LogP contribution in [-0.4, -0.2) is 54.4 Å². The average molecular weight is 233 g/mol. The summed E-state index contributed by atoms with van der Waals surface area (Å²) in [5.74, 6) is 0.814. The zero-order valence-electron chi connectivity index (χ0n) is 10.4. The average Bonchev–Trinajstić information content (AvgIpc) is 2.18. The van der Waals surface area contributed by atoms with E-state index >= 15 is 0 Å². The predicted octanol–water partition coefficient (Wildman–Crippen LogP) is 2.42. The summed E-state index contributed by atoms with van der Waals surface area (Å²) in [4.78, 5) is 5.05. The van der Waals surface area contributed by atoms with Crippen LogP contribution in [0.4, 0.5) is 0 Å². The number of rotatable bonds is 5. The molecule has 1 aliphatic heterocycles. The van der Waals surface area contributed by atoms with Crippen molar-refractivity contribution in [2.45, 2.75) is 38.6 Å². The second-order valence-corrected chi connectivity index (χ2v) is 5.64. The summed E-state index contributed by atoms with van der Waals surface area (Å²) in [5.41, 5.74) is 0.338. The van der Waals surface area contributed by atoms with Crippen LogP contribution in [0.15, 0.2) is 0 Å². The van der Waals surface area contributed by atoms with Gasteiger partial charge in [0.2, 0.25) is 0 Å². The molecule has 0 unspecified atom stereocenters. The molecule has 0 aromatic heterocycles. The van der Waals surface area contributed by atoms with Gasteiger partial charge in [-0.25, -0.2) is 0 Å². The Bertz CT molecular complexity index is 182. The largest absolute Gasteiger partial charge is 0.300 e. The lowest BCUT2D eigenvalue weighted by Gasteiger charge is -2.45. The molecule has 2 nitrogen and oxygen atoms in total. The van der Waals surface area contributed by atoms with Gasteiger partial charge < -0.3 is 4.90 Å². The molecule has 0 aromatic rings. The fourth-order valence-corrected chi connectivity index (χ4v) is 2.33. The lowest BCUT2D eigenvalue weighted by atomic mass is 9.99. The first-order valence-electron chi connectivity index (χ1n) is 6.06. The maximum Gasteiger partial charge on any atom is 0.0277 e. The van der Waals surface area contributed by atoms with Crippen molar-refractivity contribution in [1.82, 2.24) is 9.80 Å². The van der Waals surface area contributed by atoms with E-state index in [0.29, 0.717) is 5.54 Å². The van der Waals surface area contributed by atoms with Gasteiger partial charge in [0.15, 0.2) is 0 Å². The summed E-state index contributed by atoms with van der Waals surface area (Å²) in [5, 5.41) is 0. The number of likely N-dealkylation sites (N-methyl/N-ethyl adjacent to an activating group) is 1. The van der Waals surface area contributed by atoms with E-state index in [1.54, 1.807) is 0 Å². The molecule has 0 saturated carbocycles. The van der Waals surface area contributed by atoms with E-state index in [4.69, 9.17) is 11.6 Å². The molecule has 3 heteroatoms. The summed E-state index contributed by atoms with van der Waals surface area (Å²) < 4.78 is 0. The Kier molecular flexibility index (Phi) is 5.37. The second kappa shape index (κ2) is 6.07. The van der Waals surface area contributed by atoms with Crippen molar-refractivity contribution in [1.29, 1.82) is 0 Å². The first-order valence-corrected chi connectivity index (χ1v) is 6.59. The third-order valence-electron chi connectivity index (χ3n) is 3.50. The molecule has 0 bridgehead atoms. The highest BCUT2D eigenvalue weighted by Gasteiger charge is 2.30. The number of halogens is 1. The summed E-state index contributed by atoms with van der Waals surface area (Å²) in [6, 6.07) is 0. The van der Waals surface area contributed by atoms with Crippen LogP contribution in [0, 0.1) is 0 Å². The first-order chi connectivity index (χ1) is 7.06. The third kappa shape index (κ3) is 4.29. The molecule has 0 amide bonds. The molecule has 1 aliphatic rings. The van der Waals surface area contributed by atoms with Gasteiger partial charge in [-0.3, -0.25) is 4.90 Å². The highest BCUT2D eigenvalue weighted by molar-refractivity contribution is 6.17. The molecule has 0 radical (unpaired) electrons. The zero-order valence-corrected chi connectivity index (χ0v) is 11.2. The van der Waals surface area contributed by atoms with Gasteiger partial charge in [-0.05, 0) is 40.3 Å². The minimum atomic E-state index is 0.338. The van der Waals surface area contributed by atoms with Crippen LogP contribution in [0.3, 0.4) is 0 Å². The van der Waals surface area contributed by atoms with E-state index in [1.165, 1.54) is 45.4 Å². The molecular formula is C12H25ClN2. The van der Waals surface area contributed by atoms with Gasteiger partial charge in [-0.15, -0.1) is 11.6 Å². The lowest BCUT2D eigenvalue weighted by molar-refractivity contribution is 0.0393. The van der Waals surface area contributed by atoms with E-state index < -0.39 is 0 Å². The predicted molar refractivity (Wildman–Crippen MR) is 67.7 cm³/mol. The Morgan fingerprint density at radius 3 is 2.47 bits per heavy atom. The SMILES string of the molecule is CN1CCN(CCCCCCl)CC1(C)C. The Morgan fingerprint density at radius 1 is 1.13 bits per heavy atom. The van der Waals surface area contributed by atoms with Crippen LogP contribution in [0.5, 0.6) is 0 Å². The van der Waals surface area contributed by atoms with Crippen molar-refractivity contribution >= 4 is 11.6 Å². The molecule has 90 valence electrons. The number of hydrogen-bond acceptors (Lipinski definition) is 2. The number of nitrogens with zero attached hydrogens (tertiary/aromatic N) is 2. The second-order valence-electron chi connectivity index (χ2n) is 5.26. The molecule has 1 fully saturated rings. The molecule has 15 heavy (non-hydrogen) atoms. The number of hydrogen-bond donors (Lipinski definition) is 0. The van der Waals surface area contributed by atoms with E-state index in [-0.39, 0.29) is 0 Å². The normalized spacial score (nSPS) is 23.2. The van der Waals surface area contributed by atoms with Crippen LogP contribution < -0.4 is 0 Å². The van der Waals surface area contributed by atoms with Gasteiger partial charge in [-0.1, -0.05) is 6.42 Å². The summed E-state index contributed by atoms with van der Waals surface area (Å²) in [6.07, 6.45) is 3.74. The number of alkyl halides is 1. The molecule has 0 spiro atoms. The van der Waals surface area contributed by atoms with Crippen molar-refractivity contribution in [3.63, 3.8) is 0 Å². The van der Waals surface area contributed by atoms with Crippen molar-refractivity contribution in [3.8, 4) is 0 Å². The van der Waals surface area contributed by atoms with E-state index in [0.717, 1.165) is 5.88 Å². The van der Waals surface area contributed by atoms with Gasteiger partial charge >= 0.3 is 0 Å². The number of piperazine rings is 1. The smallest absolute Gasteiger partial charge is 0.0277 e. The van der Waals surface area contributed by atoms with Crippen LogP contribution in [0.2, 0.25) is 0 Å². The quantitative estimate of drug-likeness (QED) is 0.531. The highest BCUT2D eigenvalue weighted by Crippen LogP contribution is 2.19. The van der Waals surface area contributed by atoms with Crippen molar-refractivity contribution in [2.24, 2.45) is 0 Å². The molecule has 0 aromatic carbocycles. The fraction of sp³-hybridized carbons (Fsp3) is 1.00. The Balaban J connectivity index is 2.21. The van der Waals surface area contributed by atoms with E-state index in [1.807, 2.05) is 0 Å². The van der Waals surface area contributed by atoms with Crippen molar-refractivity contribution in [3.05, 3.63) is 0 Å². The van der Waals surface area contributed by atoms with Crippen LogP contribution in [0.25, 0.3) is 0 Å². The molecule has 1 rings (SSSR count). The minimum absolute atomic E-state index is 0.338. The van der Waals surface area contributed by atoms with Crippen LogP contribution in [0.1, 0.15) is 33.1 Å². The Morgan fingerprint density at radius 2 is 1.87 bits per heavy atom. The Hall–Kier alpha value is 0.210. The van der Waals surface area contributed by atoms with Gasteiger partial charge in [0, 0.05) is 31.1 Å². The molecular weight excluding hydrogens is 208 g/mol. The first kappa shape index (κ1) is 13.3. The molecule has 1 saturated heterocycles. The zero-order chi connectivity index (χ0) is 11.3. The van der Waals surface area contributed by atoms with Crippen molar-refractivity contribution in [2.75, 3.05) is 39.1 Å². The van der Waals surface area contributed by atoms with E-state index in [9.17, 15) is 0 Å². The fourth-order valence-electron chi connectivity index (χ4n) is 2.14. The molecule has 0 atom stereocenters. The maximum absolute atomic E-state index is 5.67. The number of unbranched alkanes of at least 4 members (excludes halogenated alkanes) is 2. The van der Waals surface area contributed by atoms with E-state index in [2.05, 4.69) is 30.7 Å². The van der Waals surface area contributed by atoms with Gasteiger partial charge in [-0.2, -0.15) is 0 Å². The summed E-state index contributed by atoms with van der Waals surface area (Å²) >= 11 is 5.67. The van der Waals surface area contributed by atoms with Gasteiger partial charge in [0.1, 0.15) is 0 Å².